The number of benzene rings is 2. The molecule has 0 spiro atoms. The number of likely N-dealkylation sites (tertiary alicyclic amines) is 2. The standard InChI is InChI=1S/C33H36N6O5/c1-34-32(41)39-18-12-25-19-29(28(43-2)21-27(25)39)44-26-9-13-35-30(20-26)36-31(40)24-7-5-22(6-8-24)23-10-16-38(17-11-23)33(42)37-14-3-4-15-37/h5-9,12-13,18-21,23H,3-4,10-11,14-17H2,1-2H3,(H,34,41)(H,35,36,40). The number of pyridine rings is 1. The van der Waals surface area contributed by atoms with Crippen molar-refractivity contribution in [2.75, 3.05) is 45.7 Å². The van der Waals surface area contributed by atoms with E-state index in [2.05, 4.69) is 15.6 Å². The summed E-state index contributed by atoms with van der Waals surface area (Å²) >= 11 is 0. The van der Waals surface area contributed by atoms with Gasteiger partial charge in [-0.1, -0.05) is 12.1 Å². The van der Waals surface area contributed by atoms with Crippen LogP contribution in [0.1, 0.15) is 47.5 Å². The predicted molar refractivity (Wildman–Crippen MR) is 167 cm³/mol. The average Bonchev–Trinajstić information content (AvgIpc) is 3.75. The van der Waals surface area contributed by atoms with Crippen LogP contribution in [0.2, 0.25) is 0 Å². The van der Waals surface area contributed by atoms with Gasteiger partial charge in [0.05, 0.1) is 12.6 Å². The number of carbonyl (C=O) groups is 3. The van der Waals surface area contributed by atoms with E-state index in [4.69, 9.17) is 9.47 Å². The third-order valence-electron chi connectivity index (χ3n) is 8.40. The van der Waals surface area contributed by atoms with Gasteiger partial charge in [0.25, 0.3) is 5.91 Å². The second-order valence-corrected chi connectivity index (χ2v) is 11.1. The molecule has 2 aliphatic rings. The number of rotatable bonds is 6. The lowest BCUT2D eigenvalue weighted by molar-refractivity contribution is 0.102. The Morgan fingerprint density at radius 2 is 1.61 bits per heavy atom. The van der Waals surface area contributed by atoms with Crippen molar-refractivity contribution in [3.63, 3.8) is 0 Å². The number of anilines is 1. The molecule has 2 saturated heterocycles. The number of methoxy groups -OCH3 is 1. The van der Waals surface area contributed by atoms with Crippen LogP contribution in [0.25, 0.3) is 10.9 Å². The molecule has 4 aromatic rings. The first-order valence-electron chi connectivity index (χ1n) is 14.9. The van der Waals surface area contributed by atoms with E-state index < -0.39 is 0 Å². The Kier molecular flexibility index (Phi) is 8.36. The molecule has 2 aliphatic heterocycles. The van der Waals surface area contributed by atoms with Gasteiger partial charge < -0.3 is 29.9 Å². The van der Waals surface area contributed by atoms with Gasteiger partial charge in [-0.2, -0.15) is 0 Å². The third kappa shape index (κ3) is 6.03. The molecule has 4 heterocycles. The molecule has 11 nitrogen and oxygen atoms in total. The molecule has 6 rings (SSSR count). The molecule has 0 atom stereocenters. The Balaban J connectivity index is 1.08. The third-order valence-corrected chi connectivity index (χ3v) is 8.40. The Morgan fingerprint density at radius 1 is 0.886 bits per heavy atom. The Labute approximate surface area is 255 Å². The molecule has 0 radical (unpaired) electrons. The fraction of sp³-hybridized carbons (Fsp3) is 0.333. The molecule has 2 fully saturated rings. The first-order valence-corrected chi connectivity index (χ1v) is 14.9. The van der Waals surface area contributed by atoms with Crippen LogP contribution in [0.5, 0.6) is 17.2 Å². The number of urea groups is 1. The summed E-state index contributed by atoms with van der Waals surface area (Å²) in [5.74, 6) is 1.80. The highest BCUT2D eigenvalue weighted by atomic mass is 16.5. The second-order valence-electron chi connectivity index (χ2n) is 11.1. The number of carbonyl (C=O) groups excluding carboxylic acids is 3. The molecule has 0 aliphatic carbocycles. The zero-order valence-corrected chi connectivity index (χ0v) is 24.9. The number of piperidine rings is 1. The Morgan fingerprint density at radius 3 is 2.32 bits per heavy atom. The van der Waals surface area contributed by atoms with Crippen molar-refractivity contribution in [1.82, 2.24) is 24.7 Å². The van der Waals surface area contributed by atoms with Crippen LogP contribution < -0.4 is 20.1 Å². The molecule has 44 heavy (non-hydrogen) atoms. The molecule has 2 aromatic heterocycles. The Bertz CT molecular complexity index is 1670. The number of nitrogens with zero attached hydrogens (tertiary/aromatic N) is 4. The van der Waals surface area contributed by atoms with Crippen molar-refractivity contribution in [1.29, 1.82) is 0 Å². The minimum absolute atomic E-state index is 0.175. The molecular weight excluding hydrogens is 560 g/mol. The topological polar surface area (TPSA) is 118 Å². The lowest BCUT2D eigenvalue weighted by atomic mass is 9.89. The normalized spacial score (nSPS) is 15.3. The van der Waals surface area contributed by atoms with Crippen LogP contribution in [0, 0.1) is 0 Å². The summed E-state index contributed by atoms with van der Waals surface area (Å²) in [6.45, 7) is 3.26. The van der Waals surface area contributed by atoms with Crippen LogP contribution in [0.3, 0.4) is 0 Å². The van der Waals surface area contributed by atoms with Gasteiger partial charge in [0, 0.05) is 68.7 Å². The molecule has 2 N–H and O–H groups in total. The fourth-order valence-electron chi connectivity index (χ4n) is 5.96. The van der Waals surface area contributed by atoms with Gasteiger partial charge in [0.15, 0.2) is 11.5 Å². The highest BCUT2D eigenvalue weighted by Gasteiger charge is 2.28. The molecular formula is C33H36N6O5. The summed E-state index contributed by atoms with van der Waals surface area (Å²) in [4.78, 5) is 46.2. The van der Waals surface area contributed by atoms with E-state index in [0.717, 1.165) is 57.2 Å². The number of aromatic nitrogens is 2. The number of nitrogens with one attached hydrogen (secondary N) is 2. The van der Waals surface area contributed by atoms with Crippen molar-refractivity contribution >= 4 is 34.7 Å². The van der Waals surface area contributed by atoms with Crippen molar-refractivity contribution in [2.45, 2.75) is 31.6 Å². The van der Waals surface area contributed by atoms with Gasteiger partial charge in [0.2, 0.25) is 0 Å². The lowest BCUT2D eigenvalue weighted by Crippen LogP contribution is -2.45. The minimum Gasteiger partial charge on any atom is -0.493 e. The van der Waals surface area contributed by atoms with Gasteiger partial charge in [-0.25, -0.2) is 14.6 Å². The second kappa shape index (κ2) is 12.7. The molecule has 11 heteroatoms. The quantitative estimate of drug-likeness (QED) is 0.296. The van der Waals surface area contributed by atoms with Gasteiger partial charge >= 0.3 is 12.1 Å². The summed E-state index contributed by atoms with van der Waals surface area (Å²) < 4.78 is 13.1. The van der Waals surface area contributed by atoms with Gasteiger partial charge in [-0.3, -0.25) is 9.36 Å². The number of hydrogen-bond acceptors (Lipinski definition) is 6. The highest BCUT2D eigenvalue weighted by Crippen LogP contribution is 2.36. The van der Waals surface area contributed by atoms with Crippen LogP contribution in [-0.4, -0.2) is 77.7 Å². The molecule has 0 saturated carbocycles. The van der Waals surface area contributed by atoms with Gasteiger partial charge in [-0.05, 0) is 67.5 Å². The van der Waals surface area contributed by atoms with E-state index in [1.165, 1.54) is 17.2 Å². The van der Waals surface area contributed by atoms with Crippen LogP contribution in [-0.2, 0) is 0 Å². The zero-order chi connectivity index (χ0) is 30.6. The van der Waals surface area contributed by atoms with E-state index in [0.29, 0.717) is 40.1 Å². The van der Waals surface area contributed by atoms with E-state index in [-0.39, 0.29) is 18.0 Å². The summed E-state index contributed by atoms with van der Waals surface area (Å²) in [5, 5.41) is 6.27. The number of amides is 4. The fourth-order valence-corrected chi connectivity index (χ4v) is 5.96. The van der Waals surface area contributed by atoms with Crippen molar-refractivity contribution in [3.05, 3.63) is 78.1 Å². The van der Waals surface area contributed by atoms with Crippen molar-refractivity contribution in [3.8, 4) is 17.2 Å². The Hall–Kier alpha value is -5.06. The number of ether oxygens (including phenoxy) is 2. The van der Waals surface area contributed by atoms with E-state index in [9.17, 15) is 14.4 Å². The van der Waals surface area contributed by atoms with E-state index in [1.54, 1.807) is 43.7 Å². The SMILES string of the molecule is CNC(=O)n1ccc2cc(Oc3ccnc(NC(=O)c4ccc(C5CCN(C(=O)N6CCCC6)CC5)cc4)c3)c(OC)cc21. The van der Waals surface area contributed by atoms with Gasteiger partial charge in [0.1, 0.15) is 11.6 Å². The summed E-state index contributed by atoms with van der Waals surface area (Å²) in [5.41, 5.74) is 2.39. The molecule has 2 aromatic carbocycles. The minimum atomic E-state index is -0.276. The van der Waals surface area contributed by atoms with Crippen molar-refractivity contribution in [2.24, 2.45) is 0 Å². The maximum absolute atomic E-state index is 13.0. The maximum Gasteiger partial charge on any atom is 0.325 e. The molecule has 0 unspecified atom stereocenters. The molecule has 228 valence electrons. The molecule has 4 amide bonds. The van der Waals surface area contributed by atoms with Crippen LogP contribution >= 0.6 is 0 Å². The smallest absolute Gasteiger partial charge is 0.325 e. The first-order chi connectivity index (χ1) is 21.4. The van der Waals surface area contributed by atoms with E-state index >= 15 is 0 Å². The number of hydrogen-bond donors (Lipinski definition) is 2. The lowest BCUT2D eigenvalue weighted by Gasteiger charge is -2.34. The first kappa shape index (κ1) is 29.0. The summed E-state index contributed by atoms with van der Waals surface area (Å²) in [6, 6.07) is 16.3. The average molecular weight is 597 g/mol. The predicted octanol–water partition coefficient (Wildman–Crippen LogP) is 5.67. The largest absolute Gasteiger partial charge is 0.493 e. The maximum atomic E-state index is 13.0. The monoisotopic (exact) mass is 596 g/mol. The van der Waals surface area contributed by atoms with Crippen molar-refractivity contribution < 1.29 is 23.9 Å². The summed E-state index contributed by atoms with van der Waals surface area (Å²) in [7, 11) is 3.10. The van der Waals surface area contributed by atoms with Gasteiger partial charge in [-0.15, -0.1) is 0 Å². The highest BCUT2D eigenvalue weighted by molar-refractivity contribution is 6.03. The van der Waals surface area contributed by atoms with E-state index in [1.807, 2.05) is 40.1 Å². The van der Waals surface area contributed by atoms with Crippen LogP contribution in [0.4, 0.5) is 15.4 Å². The summed E-state index contributed by atoms with van der Waals surface area (Å²) in [6.07, 6.45) is 7.27. The van der Waals surface area contributed by atoms with Crippen LogP contribution in [0.15, 0.2) is 67.0 Å². The zero-order valence-electron chi connectivity index (χ0n) is 24.9. The molecule has 0 bridgehead atoms. The number of fused-ring (bicyclic) bond motifs is 1.